The predicted octanol–water partition coefficient (Wildman–Crippen LogP) is 1.51. The van der Waals surface area contributed by atoms with Crippen LogP contribution < -0.4 is 5.73 Å². The lowest BCUT2D eigenvalue weighted by Crippen LogP contribution is -2.38. The van der Waals surface area contributed by atoms with Gasteiger partial charge >= 0.3 is 0 Å². The van der Waals surface area contributed by atoms with Crippen molar-refractivity contribution in [1.82, 2.24) is 9.80 Å². The molecule has 4 nitrogen and oxygen atoms in total. The van der Waals surface area contributed by atoms with Crippen molar-refractivity contribution in [1.29, 1.82) is 0 Å². The first kappa shape index (κ1) is 16.5. The fourth-order valence-electron chi connectivity index (χ4n) is 1.69. The van der Waals surface area contributed by atoms with Gasteiger partial charge in [0.05, 0.1) is 10.6 Å². The molecule has 110 valence electrons. The molecule has 0 heterocycles. The molecule has 0 aromatic heterocycles. The van der Waals surface area contributed by atoms with E-state index in [4.69, 9.17) is 18.0 Å². The minimum atomic E-state index is -0.511. The van der Waals surface area contributed by atoms with Crippen LogP contribution in [0.2, 0.25) is 0 Å². The van der Waals surface area contributed by atoms with Crippen LogP contribution in [0.25, 0.3) is 0 Å². The van der Waals surface area contributed by atoms with Gasteiger partial charge < -0.3 is 15.5 Å². The van der Waals surface area contributed by atoms with Crippen molar-refractivity contribution in [3.63, 3.8) is 0 Å². The summed E-state index contributed by atoms with van der Waals surface area (Å²) in [5, 5.41) is 0. The number of halogens is 1. The van der Waals surface area contributed by atoms with Crippen LogP contribution in [-0.2, 0) is 0 Å². The maximum absolute atomic E-state index is 13.7. The Bertz CT molecular complexity index is 479. The van der Waals surface area contributed by atoms with E-state index in [1.54, 1.807) is 17.0 Å². The van der Waals surface area contributed by atoms with Crippen molar-refractivity contribution in [2.75, 3.05) is 33.7 Å². The molecule has 2 N–H and O–H groups in total. The smallest absolute Gasteiger partial charge is 0.256 e. The number of hydrogen-bond donors (Lipinski definition) is 1. The fraction of sp³-hybridized carbons (Fsp3) is 0.429. The maximum atomic E-state index is 13.7. The lowest BCUT2D eigenvalue weighted by Gasteiger charge is -2.24. The summed E-state index contributed by atoms with van der Waals surface area (Å²) < 4.78 is 13.7. The Balaban J connectivity index is 2.82. The van der Waals surface area contributed by atoms with Crippen molar-refractivity contribution in [3.8, 4) is 0 Å². The molecule has 0 aliphatic heterocycles. The molecule has 1 aromatic rings. The van der Waals surface area contributed by atoms with Crippen LogP contribution in [0.15, 0.2) is 24.3 Å². The number of benzene rings is 1. The second-order valence-corrected chi connectivity index (χ2v) is 5.32. The van der Waals surface area contributed by atoms with Crippen molar-refractivity contribution in [2.45, 2.75) is 6.42 Å². The molecule has 0 bridgehead atoms. The van der Waals surface area contributed by atoms with Crippen LogP contribution in [0.4, 0.5) is 4.39 Å². The highest BCUT2D eigenvalue weighted by molar-refractivity contribution is 7.80. The van der Waals surface area contributed by atoms with Gasteiger partial charge in [-0.1, -0.05) is 24.4 Å². The molecule has 0 atom stereocenters. The van der Waals surface area contributed by atoms with Gasteiger partial charge in [-0.05, 0) is 26.2 Å². The van der Waals surface area contributed by atoms with Crippen LogP contribution in [-0.4, -0.2) is 54.4 Å². The van der Waals surface area contributed by atoms with Gasteiger partial charge in [-0.3, -0.25) is 4.79 Å². The summed E-state index contributed by atoms with van der Waals surface area (Å²) in [5.74, 6) is -0.844. The molecular weight excluding hydrogens is 277 g/mol. The van der Waals surface area contributed by atoms with Crippen molar-refractivity contribution in [2.24, 2.45) is 5.73 Å². The molecule has 1 rings (SSSR count). The quantitative estimate of drug-likeness (QED) is 0.775. The van der Waals surface area contributed by atoms with E-state index in [0.29, 0.717) is 31.0 Å². The molecule has 0 aliphatic carbocycles. The number of hydrogen-bond acceptors (Lipinski definition) is 3. The molecule has 0 spiro atoms. The Morgan fingerprint density at radius 1 is 1.25 bits per heavy atom. The van der Waals surface area contributed by atoms with Gasteiger partial charge in [-0.2, -0.15) is 0 Å². The zero-order valence-corrected chi connectivity index (χ0v) is 12.6. The van der Waals surface area contributed by atoms with Crippen molar-refractivity contribution in [3.05, 3.63) is 35.6 Å². The largest absolute Gasteiger partial charge is 0.393 e. The number of carbonyl (C=O) groups is 1. The highest BCUT2D eigenvalue weighted by Crippen LogP contribution is 2.10. The van der Waals surface area contributed by atoms with E-state index in [0.717, 1.165) is 0 Å². The minimum absolute atomic E-state index is 0.0780. The monoisotopic (exact) mass is 297 g/mol. The van der Waals surface area contributed by atoms with E-state index in [9.17, 15) is 9.18 Å². The van der Waals surface area contributed by atoms with E-state index in [2.05, 4.69) is 0 Å². The molecule has 20 heavy (non-hydrogen) atoms. The second-order valence-electron chi connectivity index (χ2n) is 4.79. The Hall–Kier alpha value is -1.53. The first-order valence-corrected chi connectivity index (χ1v) is 6.79. The number of rotatable bonds is 7. The molecule has 1 amide bonds. The van der Waals surface area contributed by atoms with E-state index in [-0.39, 0.29) is 11.5 Å². The Morgan fingerprint density at radius 2 is 1.90 bits per heavy atom. The van der Waals surface area contributed by atoms with Crippen molar-refractivity contribution >= 4 is 23.1 Å². The summed E-state index contributed by atoms with van der Waals surface area (Å²) in [7, 11) is 3.83. The molecule has 1 aromatic carbocycles. The number of likely N-dealkylation sites (N-methyl/N-ethyl adjacent to an activating group) is 1. The van der Waals surface area contributed by atoms with E-state index >= 15 is 0 Å². The number of nitrogens with two attached hydrogens (primary N) is 1. The van der Waals surface area contributed by atoms with Gasteiger partial charge in [-0.15, -0.1) is 0 Å². The topological polar surface area (TPSA) is 49.6 Å². The van der Waals surface area contributed by atoms with E-state index in [1.807, 2.05) is 19.0 Å². The fourth-order valence-corrected chi connectivity index (χ4v) is 1.78. The second kappa shape index (κ2) is 7.91. The van der Waals surface area contributed by atoms with Gasteiger partial charge in [-0.25, -0.2) is 4.39 Å². The third-order valence-corrected chi connectivity index (χ3v) is 3.04. The van der Waals surface area contributed by atoms with E-state index < -0.39 is 5.82 Å². The first-order valence-electron chi connectivity index (χ1n) is 6.38. The molecule has 0 saturated heterocycles. The zero-order chi connectivity index (χ0) is 15.1. The zero-order valence-electron chi connectivity index (χ0n) is 11.8. The number of amides is 1. The van der Waals surface area contributed by atoms with Crippen LogP contribution >= 0.6 is 12.2 Å². The molecule has 0 unspecified atom stereocenters. The summed E-state index contributed by atoms with van der Waals surface area (Å²) >= 11 is 4.83. The molecule has 0 fully saturated rings. The summed E-state index contributed by atoms with van der Waals surface area (Å²) in [5.41, 5.74) is 5.55. The van der Waals surface area contributed by atoms with Gasteiger partial charge in [0.1, 0.15) is 5.82 Å². The lowest BCUT2D eigenvalue weighted by molar-refractivity contribution is 0.0745. The third-order valence-electron chi connectivity index (χ3n) is 2.84. The highest BCUT2D eigenvalue weighted by Gasteiger charge is 2.18. The van der Waals surface area contributed by atoms with Crippen LogP contribution in [0.1, 0.15) is 16.8 Å². The molecular formula is C14H20FN3OS. The molecule has 0 saturated carbocycles. The van der Waals surface area contributed by atoms with Crippen molar-refractivity contribution < 1.29 is 9.18 Å². The average Bonchev–Trinajstić information content (AvgIpc) is 2.38. The van der Waals surface area contributed by atoms with Gasteiger partial charge in [0.15, 0.2) is 0 Å². The minimum Gasteiger partial charge on any atom is -0.393 e. The number of carbonyl (C=O) groups excluding carboxylic acids is 1. The molecule has 0 aliphatic rings. The van der Waals surface area contributed by atoms with Gasteiger partial charge in [0.2, 0.25) is 0 Å². The SMILES string of the molecule is CN(C)CCN(CCC(N)=S)C(=O)c1ccccc1F. The number of nitrogens with zero attached hydrogens (tertiary/aromatic N) is 2. The first-order chi connectivity index (χ1) is 9.41. The number of thiocarbonyl (C=S) groups is 1. The molecule has 0 radical (unpaired) electrons. The van der Waals surface area contributed by atoms with Gasteiger partial charge in [0, 0.05) is 26.1 Å². The molecule has 6 heteroatoms. The Morgan fingerprint density at radius 3 is 2.45 bits per heavy atom. The Labute approximate surface area is 124 Å². The summed E-state index contributed by atoms with van der Waals surface area (Å²) in [6, 6.07) is 5.98. The van der Waals surface area contributed by atoms with Crippen LogP contribution in [0.3, 0.4) is 0 Å². The third kappa shape index (κ3) is 5.22. The van der Waals surface area contributed by atoms with Crippen LogP contribution in [0, 0.1) is 5.82 Å². The van der Waals surface area contributed by atoms with E-state index in [1.165, 1.54) is 12.1 Å². The van der Waals surface area contributed by atoms with Crippen LogP contribution in [0.5, 0.6) is 0 Å². The average molecular weight is 297 g/mol. The normalized spacial score (nSPS) is 10.6. The lowest BCUT2D eigenvalue weighted by atomic mass is 10.1. The summed E-state index contributed by atoms with van der Waals surface area (Å²) in [6.45, 7) is 1.59. The highest BCUT2D eigenvalue weighted by atomic mass is 32.1. The predicted molar refractivity (Wildman–Crippen MR) is 82.3 cm³/mol. The maximum Gasteiger partial charge on any atom is 0.256 e. The summed E-state index contributed by atoms with van der Waals surface area (Å²) in [4.78, 5) is 16.3. The van der Waals surface area contributed by atoms with Gasteiger partial charge in [0.25, 0.3) is 5.91 Å². The standard InChI is InChI=1S/C14H20FN3OS/c1-17(2)9-10-18(8-7-13(16)20)14(19)11-5-3-4-6-12(11)15/h3-6H,7-10H2,1-2H3,(H2,16,20). The summed E-state index contributed by atoms with van der Waals surface area (Å²) in [6.07, 6.45) is 0.433. The Kier molecular flexibility index (Phi) is 6.54.